The van der Waals surface area contributed by atoms with Crippen LogP contribution in [0.25, 0.3) is 16.8 Å². The van der Waals surface area contributed by atoms with E-state index >= 15 is 0 Å². The Bertz CT molecular complexity index is 1220. The molecule has 1 saturated heterocycles. The van der Waals surface area contributed by atoms with Gasteiger partial charge in [-0.25, -0.2) is 9.50 Å². The molecule has 0 aromatic carbocycles. The normalized spacial score (nSPS) is 17.7. The highest BCUT2D eigenvalue weighted by Gasteiger charge is 2.40. The van der Waals surface area contributed by atoms with Crippen LogP contribution in [-0.2, 0) is 19.9 Å². The Morgan fingerprint density at radius 2 is 1.83 bits per heavy atom. The van der Waals surface area contributed by atoms with Gasteiger partial charge in [-0.1, -0.05) is 6.07 Å². The van der Waals surface area contributed by atoms with Gasteiger partial charge in [0.25, 0.3) is 0 Å². The topological polar surface area (TPSA) is 64.1 Å². The van der Waals surface area contributed by atoms with Crippen LogP contribution in [-0.4, -0.2) is 42.5 Å². The lowest BCUT2D eigenvalue weighted by Crippen LogP contribution is -2.41. The van der Waals surface area contributed by atoms with Gasteiger partial charge in [-0.05, 0) is 55.7 Å². The summed E-state index contributed by atoms with van der Waals surface area (Å²) in [6, 6.07) is 6.38. The van der Waals surface area contributed by atoms with Crippen molar-refractivity contribution in [2.24, 2.45) is 12.5 Å². The van der Waals surface area contributed by atoms with E-state index in [0.717, 1.165) is 47.8 Å². The number of hydrogen-bond donors (Lipinski definition) is 0. The third kappa shape index (κ3) is 2.57. The molecule has 0 bridgehead atoms. The van der Waals surface area contributed by atoms with Crippen LogP contribution in [0.5, 0.6) is 0 Å². The van der Waals surface area contributed by atoms with Crippen LogP contribution in [0.15, 0.2) is 43.0 Å². The van der Waals surface area contributed by atoms with Crippen molar-refractivity contribution in [1.29, 1.82) is 0 Å². The van der Waals surface area contributed by atoms with E-state index < -0.39 is 0 Å². The van der Waals surface area contributed by atoms with Crippen molar-refractivity contribution in [1.82, 2.24) is 29.4 Å². The zero-order valence-corrected chi connectivity index (χ0v) is 17.4. The Morgan fingerprint density at radius 3 is 2.60 bits per heavy atom. The molecule has 1 fully saturated rings. The van der Waals surface area contributed by atoms with E-state index in [4.69, 9.17) is 4.98 Å². The summed E-state index contributed by atoms with van der Waals surface area (Å²) in [5.74, 6) is 1.03. The number of aromatic nitrogens is 6. The van der Waals surface area contributed by atoms with Gasteiger partial charge < -0.3 is 4.90 Å². The average molecular weight is 400 g/mol. The molecular formula is C23H25N7. The summed E-state index contributed by atoms with van der Waals surface area (Å²) in [4.78, 5) is 12.0. The third-order valence-corrected chi connectivity index (χ3v) is 7.14. The summed E-state index contributed by atoms with van der Waals surface area (Å²) in [6.45, 7) is 4.12. The summed E-state index contributed by atoms with van der Waals surface area (Å²) >= 11 is 0. The maximum atomic E-state index is 4.90. The predicted octanol–water partition coefficient (Wildman–Crippen LogP) is 3.22. The predicted molar refractivity (Wildman–Crippen MR) is 115 cm³/mol. The van der Waals surface area contributed by atoms with E-state index in [2.05, 4.69) is 45.2 Å². The van der Waals surface area contributed by atoms with Crippen molar-refractivity contribution in [2.45, 2.75) is 32.6 Å². The molecule has 6 rings (SSSR count). The van der Waals surface area contributed by atoms with Gasteiger partial charge in [-0.3, -0.25) is 9.67 Å². The number of pyridine rings is 1. The molecule has 1 spiro atoms. The second kappa shape index (κ2) is 6.39. The minimum atomic E-state index is 0.372. The first-order valence-corrected chi connectivity index (χ1v) is 10.6. The van der Waals surface area contributed by atoms with Crippen molar-refractivity contribution in [2.75, 3.05) is 18.0 Å². The number of piperidine rings is 1. The van der Waals surface area contributed by atoms with Gasteiger partial charge in [0, 0.05) is 43.3 Å². The molecule has 1 aliphatic heterocycles. The third-order valence-electron chi connectivity index (χ3n) is 7.14. The maximum Gasteiger partial charge on any atom is 0.154 e. The Hall–Kier alpha value is -3.22. The van der Waals surface area contributed by atoms with Gasteiger partial charge in [0.2, 0.25) is 0 Å². The molecule has 4 aromatic rings. The molecule has 0 unspecified atom stereocenters. The molecule has 1 aliphatic carbocycles. The Morgan fingerprint density at radius 1 is 0.967 bits per heavy atom. The summed E-state index contributed by atoms with van der Waals surface area (Å²) in [5, 5.41) is 8.99. The lowest BCUT2D eigenvalue weighted by Gasteiger charge is -2.40. The molecule has 4 aromatic heterocycles. The number of hydrogen-bond acceptors (Lipinski definition) is 5. The molecule has 0 radical (unpaired) electrons. The second-order valence-corrected chi connectivity index (χ2v) is 8.81. The first kappa shape index (κ1) is 17.6. The largest absolute Gasteiger partial charge is 0.355 e. The van der Waals surface area contributed by atoms with Crippen LogP contribution in [0.3, 0.4) is 0 Å². The van der Waals surface area contributed by atoms with Crippen LogP contribution in [0.4, 0.5) is 5.82 Å². The molecule has 0 N–H and O–H groups in total. The van der Waals surface area contributed by atoms with Gasteiger partial charge >= 0.3 is 0 Å². The molecule has 30 heavy (non-hydrogen) atoms. The zero-order chi connectivity index (χ0) is 20.3. The smallest absolute Gasteiger partial charge is 0.154 e. The Balaban J connectivity index is 1.29. The maximum absolute atomic E-state index is 4.90. The molecule has 7 nitrogen and oxygen atoms in total. The van der Waals surface area contributed by atoms with E-state index in [0.29, 0.717) is 5.41 Å². The number of aryl methyl sites for hydroxylation is 1. The van der Waals surface area contributed by atoms with E-state index in [-0.39, 0.29) is 0 Å². The van der Waals surface area contributed by atoms with Gasteiger partial charge in [-0.15, -0.1) is 0 Å². The van der Waals surface area contributed by atoms with Crippen LogP contribution in [0.2, 0.25) is 0 Å². The minimum absolute atomic E-state index is 0.372. The highest BCUT2D eigenvalue weighted by atomic mass is 15.3. The Labute approximate surface area is 175 Å². The quantitative estimate of drug-likeness (QED) is 0.518. The van der Waals surface area contributed by atoms with Crippen LogP contribution in [0, 0.1) is 12.3 Å². The zero-order valence-electron chi connectivity index (χ0n) is 17.4. The lowest BCUT2D eigenvalue weighted by molar-refractivity contribution is 0.231. The van der Waals surface area contributed by atoms with Crippen molar-refractivity contribution < 1.29 is 0 Å². The highest BCUT2D eigenvalue weighted by Crippen LogP contribution is 2.44. The molecule has 5 heterocycles. The number of fused-ring (bicyclic) bond motifs is 2. The minimum Gasteiger partial charge on any atom is -0.355 e. The SMILES string of the molecule is Cc1c(-c2cnc(N3CCC4(CC3)Cc3cccnc3C4)c3ccnn23)cnn1C. The molecule has 0 amide bonds. The fourth-order valence-electron chi connectivity index (χ4n) is 5.24. The molecule has 152 valence electrons. The van der Waals surface area contributed by atoms with Crippen molar-refractivity contribution >= 4 is 11.3 Å². The van der Waals surface area contributed by atoms with E-state index in [1.54, 1.807) is 0 Å². The van der Waals surface area contributed by atoms with Gasteiger partial charge in [0.1, 0.15) is 5.52 Å². The van der Waals surface area contributed by atoms with Gasteiger partial charge in [0.05, 0.1) is 24.3 Å². The van der Waals surface area contributed by atoms with E-state index in [1.807, 2.05) is 41.0 Å². The molecule has 0 atom stereocenters. The number of rotatable bonds is 2. The lowest BCUT2D eigenvalue weighted by atomic mass is 9.76. The average Bonchev–Trinajstić information content (AvgIpc) is 3.46. The molecule has 7 heteroatoms. The van der Waals surface area contributed by atoms with Crippen molar-refractivity contribution in [3.8, 4) is 11.3 Å². The van der Waals surface area contributed by atoms with Gasteiger partial charge in [0.15, 0.2) is 5.82 Å². The fourth-order valence-corrected chi connectivity index (χ4v) is 5.24. The van der Waals surface area contributed by atoms with Crippen LogP contribution >= 0.6 is 0 Å². The van der Waals surface area contributed by atoms with E-state index in [1.165, 1.54) is 30.5 Å². The fraction of sp³-hybridized carbons (Fsp3) is 0.391. The van der Waals surface area contributed by atoms with Crippen molar-refractivity contribution in [3.05, 3.63) is 59.9 Å². The monoisotopic (exact) mass is 399 g/mol. The standard InChI is InChI=1S/C23H25N7/c1-16-18(14-27-28(16)2)21-15-25-22(20-5-9-26-30(20)21)29-10-6-23(7-11-29)12-17-4-3-8-24-19(17)13-23/h3-5,8-9,14-15H,6-7,10-13H2,1-2H3. The summed E-state index contributed by atoms with van der Waals surface area (Å²) < 4.78 is 3.89. The Kier molecular flexibility index (Phi) is 3.75. The second-order valence-electron chi connectivity index (χ2n) is 8.81. The van der Waals surface area contributed by atoms with Crippen LogP contribution in [0.1, 0.15) is 29.8 Å². The summed E-state index contributed by atoms with van der Waals surface area (Å²) in [7, 11) is 1.96. The van der Waals surface area contributed by atoms with Gasteiger partial charge in [-0.2, -0.15) is 10.2 Å². The summed E-state index contributed by atoms with van der Waals surface area (Å²) in [5.41, 5.74) is 7.33. The highest BCUT2D eigenvalue weighted by molar-refractivity contribution is 5.74. The van der Waals surface area contributed by atoms with E-state index in [9.17, 15) is 0 Å². The molecule has 2 aliphatic rings. The number of nitrogens with zero attached hydrogens (tertiary/aromatic N) is 7. The number of anilines is 1. The van der Waals surface area contributed by atoms with Crippen LogP contribution < -0.4 is 4.90 Å². The van der Waals surface area contributed by atoms with Crippen molar-refractivity contribution in [3.63, 3.8) is 0 Å². The molecule has 0 saturated carbocycles. The summed E-state index contributed by atoms with van der Waals surface area (Å²) in [6.07, 6.45) is 12.3. The molecular weight excluding hydrogens is 374 g/mol. The first-order valence-electron chi connectivity index (χ1n) is 10.6. The first-order chi connectivity index (χ1) is 14.6.